The van der Waals surface area contributed by atoms with Crippen molar-refractivity contribution in [3.63, 3.8) is 0 Å². The molecule has 1 saturated carbocycles. The summed E-state index contributed by atoms with van der Waals surface area (Å²) in [4.78, 5) is 41.6. The lowest BCUT2D eigenvalue weighted by Crippen LogP contribution is -2.45. The van der Waals surface area contributed by atoms with Crippen LogP contribution in [0.2, 0.25) is 0 Å². The molecule has 3 amide bonds. The Morgan fingerprint density at radius 2 is 1.88 bits per heavy atom. The molecule has 1 aliphatic carbocycles. The van der Waals surface area contributed by atoms with Gasteiger partial charge in [-0.05, 0) is 37.1 Å². The van der Waals surface area contributed by atoms with Crippen LogP contribution in [-0.4, -0.2) is 53.3 Å². The van der Waals surface area contributed by atoms with E-state index < -0.39 is 0 Å². The summed E-state index contributed by atoms with van der Waals surface area (Å²) in [6.45, 7) is 3.74. The highest BCUT2D eigenvalue weighted by molar-refractivity contribution is 6.00. The van der Waals surface area contributed by atoms with Gasteiger partial charge in [0.1, 0.15) is 25.6 Å². The monoisotopic (exact) mass is 347 g/mol. The molecule has 1 aliphatic heterocycles. The molecule has 0 aromatic heterocycles. The van der Waals surface area contributed by atoms with Crippen LogP contribution < -0.4 is 4.90 Å². The van der Waals surface area contributed by atoms with E-state index in [-0.39, 0.29) is 55.3 Å². The average Bonchev–Trinajstić information content (AvgIpc) is 3.34. The van der Waals surface area contributed by atoms with Crippen LogP contribution >= 0.6 is 0 Å². The molecular formula is C18H22FN3O3. The van der Waals surface area contributed by atoms with Crippen molar-refractivity contribution < 1.29 is 18.8 Å². The molecule has 1 aromatic carbocycles. The third-order valence-electron chi connectivity index (χ3n) is 4.50. The molecule has 0 atom stereocenters. The van der Waals surface area contributed by atoms with Gasteiger partial charge in [0.05, 0.1) is 0 Å². The maximum absolute atomic E-state index is 13.0. The summed E-state index contributed by atoms with van der Waals surface area (Å²) in [6.07, 6.45) is 1.85. The number of carbonyl (C=O) groups excluding carboxylic acids is 3. The molecular weight excluding hydrogens is 325 g/mol. The second-order valence-electron chi connectivity index (χ2n) is 6.88. The number of benzene rings is 1. The Kier molecular flexibility index (Phi) is 4.74. The third-order valence-corrected chi connectivity index (χ3v) is 4.50. The summed E-state index contributed by atoms with van der Waals surface area (Å²) < 4.78 is 13.0. The number of anilines is 1. The van der Waals surface area contributed by atoms with Crippen LogP contribution in [0.15, 0.2) is 24.3 Å². The van der Waals surface area contributed by atoms with Crippen LogP contribution in [-0.2, 0) is 14.4 Å². The summed E-state index contributed by atoms with van der Waals surface area (Å²) in [5.74, 6) is -1.02. The van der Waals surface area contributed by atoms with Crippen molar-refractivity contribution in [2.75, 3.05) is 24.7 Å². The van der Waals surface area contributed by atoms with Gasteiger partial charge < -0.3 is 9.80 Å². The van der Waals surface area contributed by atoms with E-state index >= 15 is 0 Å². The van der Waals surface area contributed by atoms with E-state index in [9.17, 15) is 18.8 Å². The van der Waals surface area contributed by atoms with Gasteiger partial charge in [-0.25, -0.2) is 4.39 Å². The van der Waals surface area contributed by atoms with Gasteiger partial charge in [0.2, 0.25) is 17.7 Å². The molecule has 1 heterocycles. The topological polar surface area (TPSA) is 60.9 Å². The summed E-state index contributed by atoms with van der Waals surface area (Å²) in [7, 11) is 0. The van der Waals surface area contributed by atoms with Crippen molar-refractivity contribution in [1.82, 2.24) is 9.80 Å². The fraction of sp³-hybridized carbons (Fsp3) is 0.500. The van der Waals surface area contributed by atoms with Gasteiger partial charge in [0.15, 0.2) is 0 Å². The molecule has 1 aromatic rings. The van der Waals surface area contributed by atoms with Crippen LogP contribution in [0.1, 0.15) is 26.7 Å². The largest absolute Gasteiger partial charge is 0.330 e. The third kappa shape index (κ3) is 3.81. The highest BCUT2D eigenvalue weighted by Crippen LogP contribution is 2.28. The first kappa shape index (κ1) is 17.4. The van der Waals surface area contributed by atoms with E-state index in [1.54, 1.807) is 4.90 Å². The van der Waals surface area contributed by atoms with E-state index in [0.29, 0.717) is 5.69 Å². The smallest absolute Gasteiger partial charge is 0.248 e. The number of carbonyl (C=O) groups is 3. The summed E-state index contributed by atoms with van der Waals surface area (Å²) in [5.41, 5.74) is 0.555. The minimum atomic E-state index is -0.379. The van der Waals surface area contributed by atoms with Crippen LogP contribution in [0.5, 0.6) is 0 Å². The van der Waals surface area contributed by atoms with E-state index in [4.69, 9.17) is 0 Å². The molecule has 0 N–H and O–H groups in total. The highest BCUT2D eigenvalue weighted by Gasteiger charge is 2.38. The first-order valence-electron chi connectivity index (χ1n) is 8.51. The zero-order chi connectivity index (χ0) is 18.1. The zero-order valence-electron chi connectivity index (χ0n) is 14.4. The minimum Gasteiger partial charge on any atom is -0.330 e. The number of amides is 3. The van der Waals surface area contributed by atoms with E-state index in [2.05, 4.69) is 0 Å². The molecule has 1 saturated heterocycles. The van der Waals surface area contributed by atoms with Crippen molar-refractivity contribution in [1.29, 1.82) is 0 Å². The van der Waals surface area contributed by atoms with Crippen LogP contribution in [0.25, 0.3) is 0 Å². The molecule has 7 heteroatoms. The second-order valence-corrected chi connectivity index (χ2v) is 6.88. The molecule has 6 nitrogen and oxygen atoms in total. The van der Waals surface area contributed by atoms with Gasteiger partial charge in [-0.15, -0.1) is 0 Å². The van der Waals surface area contributed by atoms with Crippen LogP contribution in [0, 0.1) is 11.7 Å². The zero-order valence-corrected chi connectivity index (χ0v) is 14.4. The van der Waals surface area contributed by atoms with Crippen LogP contribution in [0.3, 0.4) is 0 Å². The van der Waals surface area contributed by atoms with Crippen molar-refractivity contribution in [3.8, 4) is 0 Å². The number of hydrogen-bond donors (Lipinski definition) is 0. The molecule has 0 radical (unpaired) electrons. The average molecular weight is 347 g/mol. The quantitative estimate of drug-likeness (QED) is 0.813. The van der Waals surface area contributed by atoms with Gasteiger partial charge >= 0.3 is 0 Å². The minimum absolute atomic E-state index is 0.00617. The predicted octanol–water partition coefficient (Wildman–Crippen LogP) is 1.61. The Morgan fingerprint density at radius 1 is 1.24 bits per heavy atom. The van der Waals surface area contributed by atoms with Crippen molar-refractivity contribution in [2.45, 2.75) is 32.7 Å². The SMILES string of the molecule is CC(C)C(=O)N(CC(=O)N1CC(=O)N(c2ccc(F)cc2)C1)C1CC1. The number of rotatable bonds is 5. The fourth-order valence-electron chi connectivity index (χ4n) is 2.91. The Morgan fingerprint density at radius 3 is 2.44 bits per heavy atom. The van der Waals surface area contributed by atoms with E-state index in [0.717, 1.165) is 12.8 Å². The Bertz CT molecular complexity index is 685. The summed E-state index contributed by atoms with van der Waals surface area (Å²) in [6, 6.07) is 5.73. The lowest BCUT2D eigenvalue weighted by molar-refractivity contribution is -0.142. The molecule has 134 valence electrons. The molecule has 0 spiro atoms. The summed E-state index contributed by atoms with van der Waals surface area (Å²) in [5, 5.41) is 0. The fourth-order valence-corrected chi connectivity index (χ4v) is 2.91. The summed E-state index contributed by atoms with van der Waals surface area (Å²) >= 11 is 0. The first-order chi connectivity index (χ1) is 11.9. The Hall–Kier alpha value is -2.44. The molecule has 0 unspecified atom stereocenters. The maximum Gasteiger partial charge on any atom is 0.248 e. The number of halogens is 1. The lowest BCUT2D eigenvalue weighted by Gasteiger charge is -2.26. The number of nitrogens with zero attached hydrogens (tertiary/aromatic N) is 3. The Balaban J connectivity index is 1.66. The molecule has 0 bridgehead atoms. The molecule has 2 fully saturated rings. The van der Waals surface area contributed by atoms with E-state index in [1.165, 1.54) is 34.1 Å². The Labute approximate surface area is 146 Å². The standard InChI is InChI=1S/C18H22FN3O3/c1-12(2)18(25)21(14-7-8-14)10-16(23)20-9-17(24)22(11-20)15-5-3-13(19)4-6-15/h3-6,12,14H,7-11H2,1-2H3. The normalized spacial score (nSPS) is 17.4. The van der Waals surface area contributed by atoms with Gasteiger partial charge in [-0.1, -0.05) is 13.8 Å². The molecule has 3 rings (SSSR count). The molecule has 25 heavy (non-hydrogen) atoms. The van der Waals surface area contributed by atoms with Crippen molar-refractivity contribution in [2.24, 2.45) is 5.92 Å². The predicted molar refractivity (Wildman–Crippen MR) is 90.0 cm³/mol. The maximum atomic E-state index is 13.0. The lowest BCUT2D eigenvalue weighted by atomic mass is 10.2. The van der Waals surface area contributed by atoms with E-state index in [1.807, 2.05) is 13.8 Å². The van der Waals surface area contributed by atoms with Gasteiger partial charge in [0.25, 0.3) is 0 Å². The van der Waals surface area contributed by atoms with Gasteiger partial charge in [-0.3, -0.25) is 19.3 Å². The van der Waals surface area contributed by atoms with Gasteiger partial charge in [0, 0.05) is 17.6 Å². The van der Waals surface area contributed by atoms with Crippen molar-refractivity contribution in [3.05, 3.63) is 30.1 Å². The van der Waals surface area contributed by atoms with Crippen LogP contribution in [0.4, 0.5) is 10.1 Å². The van der Waals surface area contributed by atoms with Gasteiger partial charge in [-0.2, -0.15) is 0 Å². The highest BCUT2D eigenvalue weighted by atomic mass is 19.1. The molecule has 2 aliphatic rings. The second kappa shape index (κ2) is 6.82. The van der Waals surface area contributed by atoms with Crippen molar-refractivity contribution >= 4 is 23.4 Å². The first-order valence-corrected chi connectivity index (χ1v) is 8.51. The number of hydrogen-bond acceptors (Lipinski definition) is 3.